The van der Waals surface area contributed by atoms with E-state index in [-0.39, 0.29) is 12.5 Å². The molecule has 0 unspecified atom stereocenters. The molecule has 1 aliphatic rings. The van der Waals surface area contributed by atoms with Crippen molar-refractivity contribution in [1.82, 2.24) is 9.80 Å². The smallest absolute Gasteiger partial charge is 0.248 e. The fourth-order valence-electron chi connectivity index (χ4n) is 3.14. The Morgan fingerprint density at radius 3 is 2.12 bits per heavy atom. The maximum atomic E-state index is 12.4. The molecule has 2 aromatic rings. The van der Waals surface area contributed by atoms with Crippen LogP contribution in [0.15, 0.2) is 60.7 Å². The summed E-state index contributed by atoms with van der Waals surface area (Å²) in [6.45, 7) is 4.95. The Morgan fingerprint density at radius 1 is 0.800 bits per heavy atom. The number of ether oxygens (including phenoxy) is 1. The van der Waals surface area contributed by atoms with Crippen molar-refractivity contribution in [2.24, 2.45) is 0 Å². The highest BCUT2D eigenvalue weighted by atomic mass is 16.5. The van der Waals surface area contributed by atoms with Crippen LogP contribution in [0.2, 0.25) is 0 Å². The van der Waals surface area contributed by atoms with Crippen molar-refractivity contribution >= 4 is 5.91 Å². The third-order valence-electron chi connectivity index (χ3n) is 4.50. The first-order valence-corrected chi connectivity index (χ1v) is 8.97. The summed E-state index contributed by atoms with van der Waals surface area (Å²) in [7, 11) is 0. The molecule has 132 valence electrons. The van der Waals surface area contributed by atoms with E-state index in [9.17, 15) is 4.79 Å². The zero-order valence-corrected chi connectivity index (χ0v) is 14.6. The molecule has 3 rings (SSSR count). The van der Waals surface area contributed by atoms with E-state index >= 15 is 0 Å². The molecule has 1 saturated heterocycles. The quantitative estimate of drug-likeness (QED) is 0.859. The van der Waals surface area contributed by atoms with Gasteiger partial charge in [-0.25, -0.2) is 0 Å². The number of nitrogens with zero attached hydrogens (tertiary/aromatic N) is 2. The van der Waals surface area contributed by atoms with Crippen molar-refractivity contribution in [2.75, 3.05) is 32.8 Å². The lowest BCUT2D eigenvalue weighted by Crippen LogP contribution is -2.39. The monoisotopic (exact) mass is 338 g/mol. The number of carbonyl (C=O) groups is 1. The molecular formula is C21H26N2O2. The van der Waals surface area contributed by atoms with Crippen LogP contribution in [0.1, 0.15) is 17.5 Å². The lowest BCUT2D eigenvalue weighted by atomic mass is 10.2. The zero-order chi connectivity index (χ0) is 17.3. The first-order valence-electron chi connectivity index (χ1n) is 8.97. The second-order valence-electron chi connectivity index (χ2n) is 6.47. The molecule has 0 spiro atoms. The molecular weight excluding hydrogens is 312 g/mol. The largest absolute Gasteiger partial charge is 0.370 e. The number of rotatable bonds is 4. The molecule has 0 bridgehead atoms. The maximum Gasteiger partial charge on any atom is 0.248 e. The van der Waals surface area contributed by atoms with Crippen LogP contribution < -0.4 is 0 Å². The van der Waals surface area contributed by atoms with E-state index in [0.29, 0.717) is 13.2 Å². The minimum absolute atomic E-state index is 0.0837. The van der Waals surface area contributed by atoms with Gasteiger partial charge in [0.2, 0.25) is 5.91 Å². The van der Waals surface area contributed by atoms with Crippen LogP contribution in [-0.4, -0.2) is 48.6 Å². The highest BCUT2D eigenvalue weighted by molar-refractivity contribution is 5.77. The zero-order valence-electron chi connectivity index (χ0n) is 14.6. The molecule has 4 nitrogen and oxygen atoms in total. The van der Waals surface area contributed by atoms with E-state index in [2.05, 4.69) is 41.3 Å². The summed E-state index contributed by atoms with van der Waals surface area (Å²) < 4.78 is 5.63. The van der Waals surface area contributed by atoms with Crippen LogP contribution in [0.25, 0.3) is 0 Å². The molecule has 0 aromatic heterocycles. The van der Waals surface area contributed by atoms with E-state index in [1.807, 2.05) is 29.2 Å². The highest BCUT2D eigenvalue weighted by Crippen LogP contribution is 2.10. The summed E-state index contributed by atoms with van der Waals surface area (Å²) in [5, 5.41) is 0. The summed E-state index contributed by atoms with van der Waals surface area (Å²) in [6.07, 6.45) is 0.978. The molecule has 1 heterocycles. The Morgan fingerprint density at radius 2 is 1.44 bits per heavy atom. The fraction of sp³-hybridized carbons (Fsp3) is 0.381. The van der Waals surface area contributed by atoms with Gasteiger partial charge in [-0.15, -0.1) is 0 Å². The Hall–Kier alpha value is -2.17. The summed E-state index contributed by atoms with van der Waals surface area (Å²) in [5.41, 5.74) is 2.48. The van der Waals surface area contributed by atoms with Gasteiger partial charge >= 0.3 is 0 Å². The Balaban J connectivity index is 1.58. The molecule has 0 atom stereocenters. The lowest BCUT2D eigenvalue weighted by molar-refractivity contribution is -0.137. The average molecular weight is 338 g/mol. The van der Waals surface area contributed by atoms with Crippen molar-refractivity contribution in [3.8, 4) is 0 Å². The number of benzene rings is 2. The summed E-state index contributed by atoms with van der Waals surface area (Å²) >= 11 is 0. The van der Waals surface area contributed by atoms with Gasteiger partial charge < -0.3 is 9.64 Å². The van der Waals surface area contributed by atoms with Crippen LogP contribution >= 0.6 is 0 Å². The number of amides is 1. The van der Waals surface area contributed by atoms with Crippen molar-refractivity contribution in [3.05, 3.63) is 71.8 Å². The number of carbonyl (C=O) groups excluding carboxylic acids is 1. The third-order valence-corrected chi connectivity index (χ3v) is 4.50. The van der Waals surface area contributed by atoms with Gasteiger partial charge in [-0.05, 0) is 17.5 Å². The molecule has 0 saturated carbocycles. The second-order valence-corrected chi connectivity index (χ2v) is 6.47. The minimum atomic E-state index is 0.0837. The molecule has 4 heteroatoms. The number of hydrogen-bond donors (Lipinski definition) is 0. The van der Waals surface area contributed by atoms with Crippen LogP contribution in [0.3, 0.4) is 0 Å². The van der Waals surface area contributed by atoms with Crippen LogP contribution in [0.5, 0.6) is 0 Å². The van der Waals surface area contributed by atoms with Gasteiger partial charge in [0.15, 0.2) is 0 Å². The molecule has 0 aliphatic carbocycles. The van der Waals surface area contributed by atoms with Crippen molar-refractivity contribution in [3.63, 3.8) is 0 Å². The molecule has 1 aliphatic heterocycles. The van der Waals surface area contributed by atoms with E-state index < -0.39 is 0 Å². The SMILES string of the molecule is O=C1COCCN(Cc2ccccc2)CCCN1Cc1ccccc1. The van der Waals surface area contributed by atoms with E-state index in [0.717, 1.165) is 38.2 Å². The van der Waals surface area contributed by atoms with Crippen LogP contribution in [-0.2, 0) is 22.6 Å². The van der Waals surface area contributed by atoms with Gasteiger partial charge in [-0.1, -0.05) is 60.7 Å². The summed E-state index contributed by atoms with van der Waals surface area (Å²) in [5.74, 6) is 0.0837. The van der Waals surface area contributed by atoms with Gasteiger partial charge in [0.05, 0.1) is 6.61 Å². The van der Waals surface area contributed by atoms with Crippen molar-refractivity contribution < 1.29 is 9.53 Å². The van der Waals surface area contributed by atoms with Gasteiger partial charge in [-0.2, -0.15) is 0 Å². The summed E-state index contributed by atoms with van der Waals surface area (Å²) in [6, 6.07) is 20.7. The highest BCUT2D eigenvalue weighted by Gasteiger charge is 2.17. The predicted molar refractivity (Wildman–Crippen MR) is 99.0 cm³/mol. The topological polar surface area (TPSA) is 32.8 Å². The van der Waals surface area contributed by atoms with Gasteiger partial charge in [0.1, 0.15) is 6.61 Å². The van der Waals surface area contributed by atoms with Crippen LogP contribution in [0, 0.1) is 0 Å². The molecule has 0 N–H and O–H groups in total. The predicted octanol–water partition coefficient (Wildman–Crippen LogP) is 2.94. The van der Waals surface area contributed by atoms with Gasteiger partial charge in [0.25, 0.3) is 0 Å². The fourth-order valence-corrected chi connectivity index (χ4v) is 3.14. The van der Waals surface area contributed by atoms with Crippen molar-refractivity contribution in [1.29, 1.82) is 0 Å². The Labute approximate surface area is 150 Å². The minimum Gasteiger partial charge on any atom is -0.370 e. The van der Waals surface area contributed by atoms with E-state index in [4.69, 9.17) is 4.74 Å². The average Bonchev–Trinajstić information content (AvgIpc) is 2.65. The first kappa shape index (κ1) is 17.6. The second kappa shape index (κ2) is 9.35. The molecule has 25 heavy (non-hydrogen) atoms. The standard InChI is InChI=1S/C21H26N2O2/c24-21-18-25-15-14-22(16-19-8-3-1-4-9-19)12-7-13-23(21)17-20-10-5-2-6-11-20/h1-6,8-11H,7,12-18H2. The first-order chi connectivity index (χ1) is 12.3. The van der Waals surface area contributed by atoms with Gasteiger partial charge in [-0.3, -0.25) is 9.69 Å². The Bertz CT molecular complexity index is 645. The molecule has 1 amide bonds. The molecule has 0 radical (unpaired) electrons. The third kappa shape index (κ3) is 5.69. The lowest BCUT2D eigenvalue weighted by Gasteiger charge is -2.28. The normalized spacial score (nSPS) is 17.4. The van der Waals surface area contributed by atoms with E-state index in [1.54, 1.807) is 0 Å². The van der Waals surface area contributed by atoms with Crippen molar-refractivity contribution in [2.45, 2.75) is 19.5 Å². The molecule has 1 fully saturated rings. The maximum absolute atomic E-state index is 12.4. The van der Waals surface area contributed by atoms with Crippen LogP contribution in [0.4, 0.5) is 0 Å². The summed E-state index contributed by atoms with van der Waals surface area (Å²) in [4.78, 5) is 16.7. The van der Waals surface area contributed by atoms with Gasteiger partial charge in [0, 0.05) is 32.7 Å². The number of hydrogen-bond acceptors (Lipinski definition) is 3. The molecule has 2 aromatic carbocycles. The van der Waals surface area contributed by atoms with E-state index in [1.165, 1.54) is 5.56 Å². The Kier molecular flexibility index (Phi) is 6.60.